The van der Waals surface area contributed by atoms with Crippen LogP contribution in [0.3, 0.4) is 0 Å². The molecule has 30 heavy (non-hydrogen) atoms. The van der Waals surface area contributed by atoms with E-state index in [4.69, 9.17) is 24.7 Å². The smallest absolute Gasteiger partial charge is 0.306 e. The first kappa shape index (κ1) is 23.2. The summed E-state index contributed by atoms with van der Waals surface area (Å²) in [6.07, 6.45) is 3.88. The van der Waals surface area contributed by atoms with Gasteiger partial charge in [0.25, 0.3) is 0 Å². The molecule has 1 aliphatic carbocycles. The van der Waals surface area contributed by atoms with Crippen LogP contribution >= 0.6 is 0 Å². The van der Waals surface area contributed by atoms with Gasteiger partial charge in [-0.3, -0.25) is 9.59 Å². The van der Waals surface area contributed by atoms with Crippen molar-refractivity contribution in [1.82, 2.24) is 0 Å². The lowest BCUT2D eigenvalue weighted by atomic mass is 9.68. The Morgan fingerprint density at radius 1 is 1.30 bits per heavy atom. The molecular weight excluding hydrogens is 386 g/mol. The van der Waals surface area contributed by atoms with Crippen molar-refractivity contribution in [2.45, 2.75) is 89.8 Å². The quantitative estimate of drug-likeness (QED) is 0.347. The summed E-state index contributed by atoms with van der Waals surface area (Å²) in [5.74, 6) is -1.46. The van der Waals surface area contributed by atoms with Crippen LogP contribution in [0.2, 0.25) is 0 Å². The van der Waals surface area contributed by atoms with Gasteiger partial charge in [0.15, 0.2) is 0 Å². The number of hydrogen-bond acceptors (Lipinski definition) is 6. The van der Waals surface area contributed by atoms with Gasteiger partial charge in [0.2, 0.25) is 5.91 Å². The zero-order valence-electron chi connectivity index (χ0n) is 19.1. The zero-order chi connectivity index (χ0) is 22.3. The first-order valence-corrected chi connectivity index (χ1v) is 11.0. The lowest BCUT2D eigenvalue weighted by Gasteiger charge is -2.42. The highest BCUT2D eigenvalue weighted by molar-refractivity contribution is 5.82. The molecule has 0 aromatic carbocycles. The largest absolute Gasteiger partial charge is 0.460 e. The zero-order valence-corrected chi connectivity index (χ0v) is 19.1. The molecule has 2 N–H and O–H groups in total. The predicted molar refractivity (Wildman–Crippen MR) is 112 cm³/mol. The van der Waals surface area contributed by atoms with Crippen LogP contribution in [0.15, 0.2) is 11.6 Å². The number of methoxy groups -OCH3 is 1. The third kappa shape index (κ3) is 4.58. The van der Waals surface area contributed by atoms with Crippen molar-refractivity contribution in [3.05, 3.63) is 11.6 Å². The number of ether oxygens (including phenoxy) is 4. The minimum atomic E-state index is -0.534. The van der Waals surface area contributed by atoms with Gasteiger partial charge in [0, 0.05) is 7.11 Å². The van der Waals surface area contributed by atoms with Crippen LogP contribution in [0.4, 0.5) is 0 Å². The second kappa shape index (κ2) is 8.60. The molecule has 2 heterocycles. The van der Waals surface area contributed by atoms with E-state index in [2.05, 4.69) is 26.8 Å². The molecule has 1 spiro atoms. The SMILES string of the molecule is CO[C@@H]1[C@H](OC(=O)C[C@@H](C(N)=O)C(C)C)CC[C@]2(CO2)[C@H]1[C@@]1(C)O[C@@H]1CC=C(C)C. The molecule has 0 bridgehead atoms. The van der Waals surface area contributed by atoms with Gasteiger partial charge in [-0.25, -0.2) is 0 Å². The van der Waals surface area contributed by atoms with E-state index >= 15 is 0 Å². The maximum absolute atomic E-state index is 12.6. The molecule has 0 unspecified atom stereocenters. The van der Waals surface area contributed by atoms with Crippen molar-refractivity contribution < 1.29 is 28.5 Å². The summed E-state index contributed by atoms with van der Waals surface area (Å²) < 4.78 is 23.8. The van der Waals surface area contributed by atoms with Crippen LogP contribution in [-0.2, 0) is 28.5 Å². The summed E-state index contributed by atoms with van der Waals surface area (Å²) in [5, 5.41) is 0. The monoisotopic (exact) mass is 423 g/mol. The number of esters is 1. The molecule has 3 rings (SSSR count). The summed E-state index contributed by atoms with van der Waals surface area (Å²) in [4.78, 5) is 24.3. The van der Waals surface area contributed by atoms with E-state index in [0.717, 1.165) is 12.8 Å². The van der Waals surface area contributed by atoms with E-state index in [0.29, 0.717) is 13.0 Å². The minimum absolute atomic E-state index is 0.0107. The molecule has 7 heteroatoms. The average Bonchev–Trinajstić information content (AvgIpc) is 3.56. The van der Waals surface area contributed by atoms with Crippen LogP contribution in [0.5, 0.6) is 0 Å². The molecule has 1 saturated carbocycles. The highest BCUT2D eigenvalue weighted by Crippen LogP contribution is 2.59. The van der Waals surface area contributed by atoms with Crippen molar-refractivity contribution in [2.75, 3.05) is 13.7 Å². The molecule has 0 radical (unpaired) electrons. The maximum Gasteiger partial charge on any atom is 0.306 e. The molecule has 0 aromatic heterocycles. The number of allylic oxidation sites excluding steroid dienone is 1. The van der Waals surface area contributed by atoms with Crippen molar-refractivity contribution in [2.24, 2.45) is 23.5 Å². The Morgan fingerprint density at radius 3 is 2.47 bits per heavy atom. The molecule has 7 atom stereocenters. The molecule has 1 amide bonds. The Kier molecular flexibility index (Phi) is 6.65. The van der Waals surface area contributed by atoms with Gasteiger partial charge in [-0.15, -0.1) is 0 Å². The third-order valence-electron chi connectivity index (χ3n) is 7.08. The Morgan fingerprint density at radius 2 is 1.97 bits per heavy atom. The standard InChI is InChI=1S/C23H37NO6/c1-13(2)7-8-17-22(5,30-17)20-19(27-6)16(9-10-23(20)12-28-23)29-18(25)11-15(14(3)4)21(24)26/h7,14-17,19-20H,8-12H2,1-6H3,(H2,24,26)/t15-,16-,17-,19-,20-,22+,23+/m1/s1. The van der Waals surface area contributed by atoms with Gasteiger partial charge < -0.3 is 24.7 Å². The fraction of sp³-hybridized carbons (Fsp3) is 0.826. The van der Waals surface area contributed by atoms with Crippen LogP contribution in [0.1, 0.15) is 60.3 Å². The highest BCUT2D eigenvalue weighted by atomic mass is 16.6. The second-order valence-corrected chi connectivity index (χ2v) is 9.86. The number of rotatable bonds is 9. The van der Waals surface area contributed by atoms with Gasteiger partial charge >= 0.3 is 5.97 Å². The van der Waals surface area contributed by atoms with Crippen LogP contribution in [0, 0.1) is 17.8 Å². The number of hydrogen-bond donors (Lipinski definition) is 1. The van der Waals surface area contributed by atoms with E-state index in [1.807, 2.05) is 13.8 Å². The van der Waals surface area contributed by atoms with Crippen molar-refractivity contribution in [1.29, 1.82) is 0 Å². The Bertz CT molecular complexity index is 696. The Hall–Kier alpha value is -1.44. The molecule has 3 aliphatic rings. The predicted octanol–water partition coefficient (Wildman–Crippen LogP) is 2.75. The van der Waals surface area contributed by atoms with E-state index in [1.54, 1.807) is 7.11 Å². The fourth-order valence-corrected chi connectivity index (χ4v) is 5.13. The van der Waals surface area contributed by atoms with Gasteiger partial charge in [-0.2, -0.15) is 0 Å². The number of epoxide rings is 2. The molecule has 170 valence electrons. The summed E-state index contributed by atoms with van der Waals surface area (Å²) in [5.41, 5.74) is 6.09. The normalized spacial score (nSPS) is 38.2. The molecular formula is C23H37NO6. The summed E-state index contributed by atoms with van der Waals surface area (Å²) >= 11 is 0. The Labute approximate surface area is 179 Å². The van der Waals surface area contributed by atoms with E-state index in [-0.39, 0.29) is 41.7 Å². The van der Waals surface area contributed by atoms with Crippen molar-refractivity contribution >= 4 is 11.9 Å². The molecule has 3 fully saturated rings. The third-order valence-corrected chi connectivity index (χ3v) is 7.08. The van der Waals surface area contributed by atoms with Gasteiger partial charge in [-0.1, -0.05) is 25.5 Å². The number of carbonyl (C=O) groups excluding carboxylic acids is 2. The second-order valence-electron chi connectivity index (χ2n) is 9.86. The van der Waals surface area contributed by atoms with Crippen molar-refractivity contribution in [3.63, 3.8) is 0 Å². The molecule has 0 aromatic rings. The lowest BCUT2D eigenvalue weighted by molar-refractivity contribution is -0.173. The first-order valence-electron chi connectivity index (χ1n) is 11.0. The van der Waals surface area contributed by atoms with Crippen LogP contribution < -0.4 is 5.73 Å². The summed E-state index contributed by atoms with van der Waals surface area (Å²) in [7, 11) is 1.65. The number of carbonyl (C=O) groups is 2. The summed E-state index contributed by atoms with van der Waals surface area (Å²) in [6.45, 7) is 10.7. The average molecular weight is 424 g/mol. The Balaban J connectivity index is 1.71. The fourth-order valence-electron chi connectivity index (χ4n) is 5.13. The van der Waals surface area contributed by atoms with E-state index in [9.17, 15) is 9.59 Å². The van der Waals surface area contributed by atoms with E-state index < -0.39 is 23.9 Å². The van der Waals surface area contributed by atoms with Gasteiger partial charge in [0.1, 0.15) is 23.4 Å². The topological polar surface area (TPSA) is 104 Å². The minimum Gasteiger partial charge on any atom is -0.460 e. The van der Waals surface area contributed by atoms with Crippen LogP contribution in [0.25, 0.3) is 0 Å². The first-order chi connectivity index (χ1) is 14.0. The molecule has 2 aliphatic heterocycles. The van der Waals surface area contributed by atoms with Crippen LogP contribution in [-0.4, -0.2) is 55.1 Å². The van der Waals surface area contributed by atoms with Gasteiger partial charge in [0.05, 0.1) is 31.0 Å². The highest BCUT2D eigenvalue weighted by Gasteiger charge is 2.72. The number of nitrogens with two attached hydrogens (primary N) is 1. The maximum atomic E-state index is 12.6. The number of primary amides is 1. The molecule has 2 saturated heterocycles. The number of amides is 1. The summed E-state index contributed by atoms with van der Waals surface area (Å²) in [6, 6.07) is 0. The van der Waals surface area contributed by atoms with Gasteiger partial charge in [-0.05, 0) is 46.0 Å². The lowest BCUT2D eigenvalue weighted by Crippen LogP contribution is -2.55. The molecule has 7 nitrogen and oxygen atoms in total. The van der Waals surface area contributed by atoms with E-state index in [1.165, 1.54) is 5.57 Å². The van der Waals surface area contributed by atoms with Crippen molar-refractivity contribution in [3.8, 4) is 0 Å².